The van der Waals surface area contributed by atoms with Crippen LogP contribution in [-0.4, -0.2) is 17.7 Å². The molecule has 0 radical (unpaired) electrons. The first kappa shape index (κ1) is 11.5. The summed E-state index contributed by atoms with van der Waals surface area (Å²) < 4.78 is 10.5. The van der Waals surface area contributed by atoms with Gasteiger partial charge in [-0.05, 0) is 30.7 Å². The second-order valence-electron chi connectivity index (χ2n) is 4.21. The molecule has 1 aliphatic rings. The first-order valence-corrected chi connectivity index (χ1v) is 5.85. The molecule has 96 valence electrons. The van der Waals surface area contributed by atoms with Gasteiger partial charge in [-0.25, -0.2) is 0 Å². The molecule has 0 saturated carbocycles. The SMILES string of the molecule is Cc1cnccc1C(=O)Nc1ccc2c(c1)OCO2. The van der Waals surface area contributed by atoms with E-state index < -0.39 is 0 Å². The number of hydrogen-bond donors (Lipinski definition) is 1. The van der Waals surface area contributed by atoms with Gasteiger partial charge < -0.3 is 14.8 Å². The van der Waals surface area contributed by atoms with Crippen molar-refractivity contribution < 1.29 is 14.3 Å². The Hall–Kier alpha value is -2.56. The van der Waals surface area contributed by atoms with Gasteiger partial charge in [0.05, 0.1) is 0 Å². The minimum Gasteiger partial charge on any atom is -0.454 e. The molecule has 0 fully saturated rings. The molecule has 1 aromatic carbocycles. The molecular weight excluding hydrogens is 244 g/mol. The summed E-state index contributed by atoms with van der Waals surface area (Å²) in [5, 5.41) is 2.83. The number of hydrogen-bond acceptors (Lipinski definition) is 4. The number of nitrogens with one attached hydrogen (secondary N) is 1. The van der Waals surface area contributed by atoms with Gasteiger partial charge in [0.25, 0.3) is 5.91 Å². The Kier molecular flexibility index (Phi) is 2.79. The van der Waals surface area contributed by atoms with E-state index in [-0.39, 0.29) is 12.7 Å². The van der Waals surface area contributed by atoms with E-state index in [0.29, 0.717) is 22.7 Å². The van der Waals surface area contributed by atoms with Gasteiger partial charge in [0.15, 0.2) is 11.5 Å². The fourth-order valence-corrected chi connectivity index (χ4v) is 1.90. The van der Waals surface area contributed by atoms with Crippen molar-refractivity contribution in [2.75, 3.05) is 12.1 Å². The summed E-state index contributed by atoms with van der Waals surface area (Å²) in [5.41, 5.74) is 2.11. The van der Waals surface area contributed by atoms with Gasteiger partial charge in [-0.15, -0.1) is 0 Å². The Labute approximate surface area is 110 Å². The Morgan fingerprint density at radius 2 is 2.11 bits per heavy atom. The van der Waals surface area contributed by atoms with Crippen LogP contribution in [0.15, 0.2) is 36.7 Å². The van der Waals surface area contributed by atoms with Gasteiger partial charge in [-0.3, -0.25) is 9.78 Å². The lowest BCUT2D eigenvalue weighted by molar-refractivity contribution is 0.102. The molecule has 2 heterocycles. The Bertz CT molecular complexity index is 640. The Morgan fingerprint density at radius 1 is 1.26 bits per heavy atom. The van der Waals surface area contributed by atoms with Crippen LogP contribution in [0.5, 0.6) is 11.5 Å². The van der Waals surface area contributed by atoms with Crippen molar-refractivity contribution in [1.29, 1.82) is 0 Å². The van der Waals surface area contributed by atoms with Crippen LogP contribution >= 0.6 is 0 Å². The Morgan fingerprint density at radius 3 is 2.95 bits per heavy atom. The molecule has 1 amide bonds. The van der Waals surface area contributed by atoms with Gasteiger partial charge in [-0.1, -0.05) is 0 Å². The summed E-state index contributed by atoms with van der Waals surface area (Å²) in [4.78, 5) is 16.1. The fraction of sp³-hybridized carbons (Fsp3) is 0.143. The second-order valence-corrected chi connectivity index (χ2v) is 4.21. The van der Waals surface area contributed by atoms with Crippen molar-refractivity contribution in [3.05, 3.63) is 47.8 Å². The molecule has 0 unspecified atom stereocenters. The van der Waals surface area contributed by atoms with Crippen molar-refractivity contribution in [1.82, 2.24) is 4.98 Å². The molecule has 3 rings (SSSR count). The van der Waals surface area contributed by atoms with E-state index in [2.05, 4.69) is 10.3 Å². The predicted molar refractivity (Wildman–Crippen MR) is 69.5 cm³/mol. The lowest BCUT2D eigenvalue weighted by Gasteiger charge is -2.07. The summed E-state index contributed by atoms with van der Waals surface area (Å²) in [6, 6.07) is 6.99. The minimum absolute atomic E-state index is 0.168. The highest BCUT2D eigenvalue weighted by molar-refractivity contribution is 6.05. The maximum Gasteiger partial charge on any atom is 0.256 e. The van der Waals surface area contributed by atoms with Crippen molar-refractivity contribution in [2.45, 2.75) is 6.92 Å². The van der Waals surface area contributed by atoms with E-state index in [0.717, 1.165) is 5.56 Å². The van der Waals surface area contributed by atoms with E-state index in [1.165, 1.54) is 0 Å². The highest BCUT2D eigenvalue weighted by atomic mass is 16.7. The van der Waals surface area contributed by atoms with E-state index in [4.69, 9.17) is 9.47 Å². The van der Waals surface area contributed by atoms with Gasteiger partial charge in [0.1, 0.15) is 0 Å². The molecule has 5 heteroatoms. The number of carbonyl (C=O) groups excluding carboxylic acids is 1. The lowest BCUT2D eigenvalue weighted by atomic mass is 10.1. The molecular formula is C14H12N2O3. The monoisotopic (exact) mass is 256 g/mol. The Balaban J connectivity index is 1.82. The van der Waals surface area contributed by atoms with Crippen LogP contribution in [0.25, 0.3) is 0 Å². The van der Waals surface area contributed by atoms with Crippen LogP contribution in [0.4, 0.5) is 5.69 Å². The summed E-state index contributed by atoms with van der Waals surface area (Å²) in [6.07, 6.45) is 3.26. The van der Waals surface area contributed by atoms with E-state index in [9.17, 15) is 4.79 Å². The third kappa shape index (κ3) is 2.22. The van der Waals surface area contributed by atoms with Crippen LogP contribution in [0.3, 0.4) is 0 Å². The molecule has 2 aromatic rings. The topological polar surface area (TPSA) is 60.5 Å². The van der Waals surface area contributed by atoms with E-state index >= 15 is 0 Å². The maximum atomic E-state index is 12.1. The van der Waals surface area contributed by atoms with Crippen LogP contribution < -0.4 is 14.8 Å². The van der Waals surface area contributed by atoms with Gasteiger partial charge >= 0.3 is 0 Å². The number of pyridine rings is 1. The molecule has 0 saturated heterocycles. The van der Waals surface area contributed by atoms with Gasteiger partial charge in [0.2, 0.25) is 6.79 Å². The van der Waals surface area contributed by atoms with Crippen LogP contribution in [0.1, 0.15) is 15.9 Å². The molecule has 19 heavy (non-hydrogen) atoms. The zero-order chi connectivity index (χ0) is 13.2. The maximum absolute atomic E-state index is 12.1. The molecule has 0 spiro atoms. The lowest BCUT2D eigenvalue weighted by Crippen LogP contribution is -2.13. The number of aromatic nitrogens is 1. The summed E-state index contributed by atoms with van der Waals surface area (Å²) in [6.45, 7) is 2.07. The van der Waals surface area contributed by atoms with Crippen molar-refractivity contribution in [3.63, 3.8) is 0 Å². The predicted octanol–water partition coefficient (Wildman–Crippen LogP) is 2.37. The molecule has 1 aliphatic heterocycles. The van der Waals surface area contributed by atoms with Crippen LogP contribution in [0.2, 0.25) is 0 Å². The third-order valence-electron chi connectivity index (χ3n) is 2.90. The highest BCUT2D eigenvalue weighted by Crippen LogP contribution is 2.34. The van der Waals surface area contributed by atoms with Crippen molar-refractivity contribution >= 4 is 11.6 Å². The van der Waals surface area contributed by atoms with E-state index in [1.807, 2.05) is 6.92 Å². The molecule has 0 atom stereocenters. The number of carbonyl (C=O) groups is 1. The molecule has 1 aromatic heterocycles. The number of fused-ring (bicyclic) bond motifs is 1. The van der Waals surface area contributed by atoms with Crippen molar-refractivity contribution in [3.8, 4) is 11.5 Å². The smallest absolute Gasteiger partial charge is 0.256 e. The average Bonchev–Trinajstić information content (AvgIpc) is 2.86. The number of nitrogens with zero attached hydrogens (tertiary/aromatic N) is 1. The van der Waals surface area contributed by atoms with Gasteiger partial charge in [0, 0.05) is 29.7 Å². The molecule has 0 aliphatic carbocycles. The number of aryl methyl sites for hydroxylation is 1. The third-order valence-corrected chi connectivity index (χ3v) is 2.90. The quantitative estimate of drug-likeness (QED) is 0.896. The zero-order valence-electron chi connectivity index (χ0n) is 10.3. The summed E-state index contributed by atoms with van der Waals surface area (Å²) >= 11 is 0. The summed E-state index contributed by atoms with van der Waals surface area (Å²) in [7, 11) is 0. The van der Waals surface area contributed by atoms with Crippen LogP contribution in [-0.2, 0) is 0 Å². The number of ether oxygens (including phenoxy) is 2. The minimum atomic E-state index is -0.168. The fourth-order valence-electron chi connectivity index (χ4n) is 1.90. The molecule has 0 bridgehead atoms. The molecule has 1 N–H and O–H groups in total. The number of rotatable bonds is 2. The zero-order valence-corrected chi connectivity index (χ0v) is 10.3. The largest absolute Gasteiger partial charge is 0.454 e. The van der Waals surface area contributed by atoms with Crippen LogP contribution in [0, 0.1) is 6.92 Å². The van der Waals surface area contributed by atoms with Gasteiger partial charge in [-0.2, -0.15) is 0 Å². The number of anilines is 1. The first-order valence-electron chi connectivity index (χ1n) is 5.85. The van der Waals surface area contributed by atoms with E-state index in [1.54, 1.807) is 36.7 Å². The first-order chi connectivity index (χ1) is 9.24. The molecule has 5 nitrogen and oxygen atoms in total. The number of benzene rings is 1. The average molecular weight is 256 g/mol. The highest BCUT2D eigenvalue weighted by Gasteiger charge is 2.15. The second kappa shape index (κ2) is 4.61. The normalized spacial score (nSPS) is 12.3. The number of amides is 1. The van der Waals surface area contributed by atoms with Crippen molar-refractivity contribution in [2.24, 2.45) is 0 Å². The standard InChI is InChI=1S/C14H12N2O3/c1-9-7-15-5-4-11(9)14(17)16-10-2-3-12-13(6-10)19-8-18-12/h2-7H,8H2,1H3,(H,16,17). The summed E-state index contributed by atoms with van der Waals surface area (Å²) in [5.74, 6) is 1.17.